The van der Waals surface area contributed by atoms with Crippen molar-refractivity contribution in [3.63, 3.8) is 0 Å². The molecule has 2 atom stereocenters. The van der Waals surface area contributed by atoms with Crippen molar-refractivity contribution in [3.8, 4) is 0 Å². The maximum absolute atomic E-state index is 11.7. The molecule has 0 aromatic heterocycles. The Morgan fingerprint density at radius 3 is 2.80 bits per heavy atom. The summed E-state index contributed by atoms with van der Waals surface area (Å²) in [5, 5.41) is 10.4. The molecule has 0 aromatic rings. The lowest BCUT2D eigenvalue weighted by atomic mass is 9.72. The van der Waals surface area contributed by atoms with Gasteiger partial charge in [-0.3, -0.25) is 0 Å². The molecule has 1 aliphatic rings. The molecule has 3 heteroatoms. The van der Waals surface area contributed by atoms with Crippen LogP contribution in [0.2, 0.25) is 0 Å². The minimum atomic E-state index is -1.33. The predicted molar refractivity (Wildman–Crippen MR) is 58.4 cm³/mol. The van der Waals surface area contributed by atoms with Gasteiger partial charge < -0.3 is 9.84 Å². The smallest absolute Gasteiger partial charge is 0.338 e. The van der Waals surface area contributed by atoms with Crippen molar-refractivity contribution in [1.82, 2.24) is 0 Å². The first-order valence-corrected chi connectivity index (χ1v) is 5.57. The topological polar surface area (TPSA) is 46.5 Å². The molecule has 0 spiro atoms. The van der Waals surface area contributed by atoms with Gasteiger partial charge in [-0.05, 0) is 33.1 Å². The highest BCUT2D eigenvalue weighted by Crippen LogP contribution is 2.38. The number of esters is 1. The Bertz CT molecular complexity index is 260. The first-order chi connectivity index (χ1) is 7.02. The third-order valence-corrected chi connectivity index (χ3v) is 3.10. The van der Waals surface area contributed by atoms with Gasteiger partial charge in [0.25, 0.3) is 0 Å². The van der Waals surface area contributed by atoms with Crippen molar-refractivity contribution in [2.24, 2.45) is 5.92 Å². The summed E-state index contributed by atoms with van der Waals surface area (Å²) >= 11 is 0. The molecule has 0 aromatic carbocycles. The minimum Gasteiger partial charge on any atom is -0.464 e. The van der Waals surface area contributed by atoms with Crippen molar-refractivity contribution >= 4 is 5.97 Å². The number of hydrogen-bond donors (Lipinski definition) is 1. The molecule has 1 fully saturated rings. The summed E-state index contributed by atoms with van der Waals surface area (Å²) in [6, 6.07) is 0. The Balaban J connectivity index is 2.85. The molecular formula is C12H20O3. The lowest BCUT2D eigenvalue weighted by Crippen LogP contribution is -2.49. The van der Waals surface area contributed by atoms with E-state index in [4.69, 9.17) is 4.74 Å². The van der Waals surface area contributed by atoms with E-state index in [1.54, 1.807) is 6.92 Å². The van der Waals surface area contributed by atoms with Crippen molar-refractivity contribution in [2.45, 2.75) is 45.1 Å². The molecule has 15 heavy (non-hydrogen) atoms. The van der Waals surface area contributed by atoms with Gasteiger partial charge in [-0.1, -0.05) is 18.6 Å². The van der Waals surface area contributed by atoms with E-state index in [2.05, 4.69) is 6.58 Å². The second kappa shape index (κ2) is 4.79. The van der Waals surface area contributed by atoms with E-state index in [1.165, 1.54) is 0 Å². The van der Waals surface area contributed by atoms with Crippen LogP contribution in [-0.4, -0.2) is 23.3 Å². The van der Waals surface area contributed by atoms with Gasteiger partial charge in [0.05, 0.1) is 6.61 Å². The Morgan fingerprint density at radius 2 is 2.27 bits per heavy atom. The lowest BCUT2D eigenvalue weighted by Gasteiger charge is -2.38. The summed E-state index contributed by atoms with van der Waals surface area (Å²) in [4.78, 5) is 11.7. The van der Waals surface area contributed by atoms with Crippen LogP contribution >= 0.6 is 0 Å². The molecule has 1 aliphatic carbocycles. The van der Waals surface area contributed by atoms with Gasteiger partial charge in [-0.25, -0.2) is 4.79 Å². The Labute approximate surface area is 91.1 Å². The molecule has 1 rings (SSSR count). The zero-order valence-electron chi connectivity index (χ0n) is 9.58. The lowest BCUT2D eigenvalue weighted by molar-refractivity contribution is -0.173. The molecule has 86 valence electrons. The van der Waals surface area contributed by atoms with E-state index in [0.29, 0.717) is 13.0 Å². The van der Waals surface area contributed by atoms with Crippen LogP contribution < -0.4 is 0 Å². The van der Waals surface area contributed by atoms with Crippen LogP contribution in [0.3, 0.4) is 0 Å². The summed E-state index contributed by atoms with van der Waals surface area (Å²) in [7, 11) is 0. The number of carbonyl (C=O) groups is 1. The van der Waals surface area contributed by atoms with Gasteiger partial charge in [0.2, 0.25) is 0 Å². The summed E-state index contributed by atoms with van der Waals surface area (Å²) in [5.74, 6) is -0.636. The molecule has 0 amide bonds. The zero-order valence-corrected chi connectivity index (χ0v) is 9.58. The van der Waals surface area contributed by atoms with Crippen LogP contribution in [0.1, 0.15) is 39.5 Å². The molecule has 3 nitrogen and oxygen atoms in total. The Kier molecular flexibility index (Phi) is 3.91. The van der Waals surface area contributed by atoms with E-state index in [-0.39, 0.29) is 5.92 Å². The first kappa shape index (κ1) is 12.2. The number of carbonyl (C=O) groups excluding carboxylic acids is 1. The summed E-state index contributed by atoms with van der Waals surface area (Å²) in [5.41, 5.74) is -0.467. The highest BCUT2D eigenvalue weighted by atomic mass is 16.5. The van der Waals surface area contributed by atoms with Crippen LogP contribution in [0.5, 0.6) is 0 Å². The summed E-state index contributed by atoms with van der Waals surface area (Å²) in [6.07, 6.45) is 3.23. The molecule has 0 unspecified atom stereocenters. The van der Waals surface area contributed by atoms with Gasteiger partial charge in [0, 0.05) is 5.92 Å². The van der Waals surface area contributed by atoms with Gasteiger partial charge in [-0.15, -0.1) is 0 Å². The van der Waals surface area contributed by atoms with Crippen molar-refractivity contribution in [2.75, 3.05) is 6.61 Å². The van der Waals surface area contributed by atoms with E-state index in [0.717, 1.165) is 24.8 Å². The zero-order chi connectivity index (χ0) is 11.5. The molecule has 0 aliphatic heterocycles. The maximum Gasteiger partial charge on any atom is 0.338 e. The van der Waals surface area contributed by atoms with Gasteiger partial charge in [0.1, 0.15) is 0 Å². The second-order valence-electron chi connectivity index (χ2n) is 4.29. The van der Waals surface area contributed by atoms with Crippen LogP contribution in [-0.2, 0) is 9.53 Å². The number of aliphatic hydroxyl groups is 1. The number of rotatable bonds is 3. The van der Waals surface area contributed by atoms with Crippen molar-refractivity contribution in [1.29, 1.82) is 0 Å². The monoisotopic (exact) mass is 212 g/mol. The molecule has 0 heterocycles. The van der Waals surface area contributed by atoms with E-state index in [9.17, 15) is 9.90 Å². The average Bonchev–Trinajstić information content (AvgIpc) is 2.18. The molecule has 1 N–H and O–H groups in total. The fourth-order valence-electron chi connectivity index (χ4n) is 2.31. The van der Waals surface area contributed by atoms with Crippen LogP contribution in [0.4, 0.5) is 0 Å². The van der Waals surface area contributed by atoms with Gasteiger partial charge >= 0.3 is 5.97 Å². The highest BCUT2D eigenvalue weighted by molar-refractivity contribution is 5.80. The first-order valence-electron chi connectivity index (χ1n) is 5.57. The number of ether oxygens (including phenoxy) is 1. The third kappa shape index (κ3) is 2.40. The van der Waals surface area contributed by atoms with Crippen LogP contribution in [0.15, 0.2) is 12.2 Å². The van der Waals surface area contributed by atoms with Crippen molar-refractivity contribution in [3.05, 3.63) is 12.2 Å². The fraction of sp³-hybridized carbons (Fsp3) is 0.750. The van der Waals surface area contributed by atoms with E-state index < -0.39 is 11.6 Å². The summed E-state index contributed by atoms with van der Waals surface area (Å²) < 4.78 is 4.93. The van der Waals surface area contributed by atoms with Crippen LogP contribution in [0.25, 0.3) is 0 Å². The van der Waals surface area contributed by atoms with E-state index in [1.807, 2.05) is 6.92 Å². The molecule has 0 bridgehead atoms. The van der Waals surface area contributed by atoms with Gasteiger partial charge in [0.15, 0.2) is 5.60 Å². The molecule has 1 saturated carbocycles. The van der Waals surface area contributed by atoms with Crippen LogP contribution in [0, 0.1) is 5.92 Å². The normalized spacial score (nSPS) is 31.0. The van der Waals surface area contributed by atoms with Gasteiger partial charge in [-0.2, -0.15) is 0 Å². The minimum absolute atomic E-state index is 0.148. The van der Waals surface area contributed by atoms with E-state index >= 15 is 0 Å². The summed E-state index contributed by atoms with van der Waals surface area (Å²) in [6.45, 7) is 7.77. The molecular weight excluding hydrogens is 192 g/mol. The Hall–Kier alpha value is -0.830. The quantitative estimate of drug-likeness (QED) is 0.575. The standard InChI is InChI=1S/C12H20O3/c1-4-15-11(13)12(14)8-6-5-7-10(12)9(2)3/h10,14H,2,4-8H2,1,3H3/t10-,12-/m1/s1. The highest BCUT2D eigenvalue weighted by Gasteiger charge is 2.46. The second-order valence-corrected chi connectivity index (χ2v) is 4.29. The van der Waals surface area contributed by atoms with Crippen molar-refractivity contribution < 1.29 is 14.6 Å². The largest absolute Gasteiger partial charge is 0.464 e. The average molecular weight is 212 g/mol. The fourth-order valence-corrected chi connectivity index (χ4v) is 2.31. The third-order valence-electron chi connectivity index (χ3n) is 3.10. The maximum atomic E-state index is 11.7. The number of hydrogen-bond acceptors (Lipinski definition) is 3. The molecule has 0 saturated heterocycles. The Morgan fingerprint density at radius 1 is 1.60 bits per heavy atom. The SMILES string of the molecule is C=C(C)[C@H]1CCCC[C@]1(O)C(=O)OCC. The molecule has 0 radical (unpaired) electrons. The predicted octanol–water partition coefficient (Wildman–Crippen LogP) is 2.05.